The fraction of sp³-hybridized carbons (Fsp3) is 0.312. The van der Waals surface area contributed by atoms with Crippen LogP contribution in [0.25, 0.3) is 5.65 Å². The van der Waals surface area contributed by atoms with Crippen LogP contribution in [0.15, 0.2) is 41.4 Å². The summed E-state index contributed by atoms with van der Waals surface area (Å²) in [6, 6.07) is 6.97. The van der Waals surface area contributed by atoms with Crippen LogP contribution in [0.3, 0.4) is 0 Å². The molecular weight excluding hydrogens is 359 g/mol. The van der Waals surface area contributed by atoms with Crippen molar-refractivity contribution in [1.82, 2.24) is 24.1 Å². The number of fused-ring (bicyclic) bond motifs is 1. The summed E-state index contributed by atoms with van der Waals surface area (Å²) in [5.41, 5.74) is 1.52. The number of anilines is 1. The van der Waals surface area contributed by atoms with Gasteiger partial charge in [0.2, 0.25) is 10.0 Å². The van der Waals surface area contributed by atoms with E-state index in [0.29, 0.717) is 37.7 Å². The van der Waals surface area contributed by atoms with Gasteiger partial charge < -0.3 is 4.90 Å². The van der Waals surface area contributed by atoms with E-state index in [1.54, 1.807) is 10.7 Å². The first kappa shape index (κ1) is 16.9. The lowest BCUT2D eigenvalue weighted by atomic mass is 10.3. The Labute approximate surface area is 149 Å². The predicted molar refractivity (Wildman–Crippen MR) is 92.9 cm³/mol. The molecule has 3 aromatic rings. The molecule has 1 fully saturated rings. The largest absolute Gasteiger partial charge is 0.367 e. The van der Waals surface area contributed by atoms with Gasteiger partial charge in [-0.2, -0.15) is 13.9 Å². The third kappa shape index (κ3) is 2.90. The quantitative estimate of drug-likeness (QED) is 0.680. The fourth-order valence-electron chi connectivity index (χ4n) is 3.03. The number of benzene rings is 1. The Balaban J connectivity index is 1.51. The van der Waals surface area contributed by atoms with Crippen LogP contribution in [0.1, 0.15) is 5.82 Å². The Morgan fingerprint density at radius 1 is 1.08 bits per heavy atom. The van der Waals surface area contributed by atoms with E-state index in [0.717, 1.165) is 11.8 Å². The van der Waals surface area contributed by atoms with Crippen molar-refractivity contribution in [2.75, 3.05) is 31.1 Å². The molecule has 0 bridgehead atoms. The summed E-state index contributed by atoms with van der Waals surface area (Å²) in [7, 11) is -3.70. The minimum atomic E-state index is -3.70. The summed E-state index contributed by atoms with van der Waals surface area (Å²) in [6.07, 6.45) is 1.72. The van der Waals surface area contributed by atoms with Crippen molar-refractivity contribution in [1.29, 1.82) is 0 Å². The van der Waals surface area contributed by atoms with Crippen LogP contribution in [-0.4, -0.2) is 58.7 Å². The monoisotopic (exact) mass is 376 g/mol. The van der Waals surface area contributed by atoms with Gasteiger partial charge in [-0.3, -0.25) is 0 Å². The van der Waals surface area contributed by atoms with Crippen LogP contribution in [0.4, 0.5) is 10.1 Å². The van der Waals surface area contributed by atoms with E-state index in [1.807, 2.05) is 13.0 Å². The first-order valence-corrected chi connectivity index (χ1v) is 9.58. The van der Waals surface area contributed by atoms with Gasteiger partial charge in [-0.25, -0.2) is 12.8 Å². The number of rotatable bonds is 3. The number of aromatic nitrogens is 4. The first-order valence-electron chi connectivity index (χ1n) is 8.14. The first-order chi connectivity index (χ1) is 12.4. The number of sulfonamides is 1. The van der Waals surface area contributed by atoms with E-state index in [2.05, 4.69) is 20.2 Å². The molecule has 0 amide bonds. The van der Waals surface area contributed by atoms with Crippen molar-refractivity contribution in [3.05, 3.63) is 48.2 Å². The van der Waals surface area contributed by atoms with Gasteiger partial charge in [-0.05, 0) is 25.1 Å². The SMILES string of the molecule is Cc1nnc2cc(N3CCN(S(=O)(=O)c4cccc(F)c4)CC3)cnn12. The number of nitrogens with zero attached hydrogens (tertiary/aromatic N) is 6. The van der Waals surface area contributed by atoms with Crippen LogP contribution in [0, 0.1) is 12.7 Å². The van der Waals surface area contributed by atoms with Gasteiger partial charge >= 0.3 is 0 Å². The van der Waals surface area contributed by atoms with E-state index >= 15 is 0 Å². The Morgan fingerprint density at radius 2 is 1.85 bits per heavy atom. The number of piperazine rings is 1. The molecule has 1 aliphatic heterocycles. The van der Waals surface area contributed by atoms with E-state index in [-0.39, 0.29) is 4.90 Å². The fourth-order valence-corrected chi connectivity index (χ4v) is 4.48. The summed E-state index contributed by atoms with van der Waals surface area (Å²) in [5.74, 6) is 0.144. The molecule has 10 heteroatoms. The van der Waals surface area contributed by atoms with Crippen molar-refractivity contribution >= 4 is 21.4 Å². The normalized spacial score (nSPS) is 16.3. The average molecular weight is 376 g/mol. The Hall–Kier alpha value is -2.59. The molecule has 0 N–H and O–H groups in total. The predicted octanol–water partition coefficient (Wildman–Crippen LogP) is 1.08. The van der Waals surface area contributed by atoms with Gasteiger partial charge in [0.25, 0.3) is 0 Å². The standard InChI is InChI=1S/C16H17FN6O2S/c1-12-19-20-16-10-14(11-18-23(12)16)21-5-7-22(8-6-21)26(24,25)15-4-2-3-13(17)9-15/h2-4,9-11H,5-8H2,1H3. The summed E-state index contributed by atoms with van der Waals surface area (Å²) < 4.78 is 41.7. The van der Waals surface area contributed by atoms with E-state index < -0.39 is 15.8 Å². The molecule has 0 unspecified atom stereocenters. The molecule has 1 saturated heterocycles. The van der Waals surface area contributed by atoms with Crippen LogP contribution in [0.2, 0.25) is 0 Å². The molecule has 1 aliphatic rings. The van der Waals surface area contributed by atoms with Gasteiger partial charge in [0.05, 0.1) is 16.8 Å². The van der Waals surface area contributed by atoms with Crippen molar-refractivity contribution in [2.24, 2.45) is 0 Å². The third-order valence-corrected chi connectivity index (χ3v) is 6.34. The zero-order chi connectivity index (χ0) is 18.3. The summed E-state index contributed by atoms with van der Waals surface area (Å²) >= 11 is 0. The lowest BCUT2D eigenvalue weighted by Crippen LogP contribution is -2.48. The maximum Gasteiger partial charge on any atom is 0.243 e. The summed E-state index contributed by atoms with van der Waals surface area (Å²) in [4.78, 5) is 2.03. The lowest BCUT2D eigenvalue weighted by Gasteiger charge is -2.35. The lowest BCUT2D eigenvalue weighted by molar-refractivity contribution is 0.384. The molecule has 4 rings (SSSR count). The van der Waals surface area contributed by atoms with Crippen molar-refractivity contribution in [3.8, 4) is 0 Å². The highest BCUT2D eigenvalue weighted by Crippen LogP contribution is 2.22. The molecule has 3 heterocycles. The van der Waals surface area contributed by atoms with Crippen LogP contribution < -0.4 is 4.90 Å². The average Bonchev–Trinajstić information content (AvgIpc) is 3.02. The third-order valence-electron chi connectivity index (χ3n) is 4.44. The van der Waals surface area contributed by atoms with Crippen molar-refractivity contribution < 1.29 is 12.8 Å². The molecule has 136 valence electrons. The highest BCUT2D eigenvalue weighted by atomic mass is 32.2. The molecule has 0 atom stereocenters. The molecule has 1 aromatic carbocycles. The molecule has 0 radical (unpaired) electrons. The maximum absolute atomic E-state index is 13.4. The van der Waals surface area contributed by atoms with Crippen LogP contribution in [0.5, 0.6) is 0 Å². The van der Waals surface area contributed by atoms with E-state index in [9.17, 15) is 12.8 Å². The summed E-state index contributed by atoms with van der Waals surface area (Å²) in [5, 5.41) is 12.4. The Bertz CT molecular complexity index is 1060. The topological polar surface area (TPSA) is 83.7 Å². The van der Waals surface area contributed by atoms with Crippen molar-refractivity contribution in [3.63, 3.8) is 0 Å². The van der Waals surface area contributed by atoms with Gasteiger partial charge in [-0.15, -0.1) is 10.2 Å². The van der Waals surface area contributed by atoms with Gasteiger partial charge in [0.1, 0.15) is 5.82 Å². The van der Waals surface area contributed by atoms with Gasteiger partial charge in [0.15, 0.2) is 11.5 Å². The Morgan fingerprint density at radius 3 is 2.58 bits per heavy atom. The zero-order valence-corrected chi connectivity index (χ0v) is 14.9. The number of halogens is 1. The molecule has 8 nitrogen and oxygen atoms in total. The zero-order valence-electron chi connectivity index (χ0n) is 14.1. The van der Waals surface area contributed by atoms with E-state index in [1.165, 1.54) is 22.5 Å². The van der Waals surface area contributed by atoms with Gasteiger partial charge in [-0.1, -0.05) is 6.07 Å². The molecule has 0 saturated carbocycles. The maximum atomic E-state index is 13.4. The highest BCUT2D eigenvalue weighted by molar-refractivity contribution is 7.89. The molecular formula is C16H17FN6O2S. The number of hydrogen-bond acceptors (Lipinski definition) is 6. The molecule has 2 aromatic heterocycles. The van der Waals surface area contributed by atoms with Gasteiger partial charge in [0, 0.05) is 32.2 Å². The second kappa shape index (κ2) is 6.29. The summed E-state index contributed by atoms with van der Waals surface area (Å²) in [6.45, 7) is 3.48. The molecule has 0 spiro atoms. The minimum absolute atomic E-state index is 0.0204. The second-order valence-electron chi connectivity index (χ2n) is 6.08. The smallest absolute Gasteiger partial charge is 0.243 e. The number of aryl methyl sites for hydroxylation is 1. The molecule has 0 aliphatic carbocycles. The van der Waals surface area contributed by atoms with Crippen LogP contribution >= 0.6 is 0 Å². The highest BCUT2D eigenvalue weighted by Gasteiger charge is 2.29. The van der Waals surface area contributed by atoms with Crippen LogP contribution in [-0.2, 0) is 10.0 Å². The minimum Gasteiger partial charge on any atom is -0.367 e. The van der Waals surface area contributed by atoms with E-state index in [4.69, 9.17) is 0 Å². The number of hydrogen-bond donors (Lipinski definition) is 0. The second-order valence-corrected chi connectivity index (χ2v) is 8.02. The Kier molecular flexibility index (Phi) is 4.08. The molecule has 26 heavy (non-hydrogen) atoms. The van der Waals surface area contributed by atoms with Crippen molar-refractivity contribution in [2.45, 2.75) is 11.8 Å².